The van der Waals surface area contributed by atoms with Crippen LogP contribution in [0.25, 0.3) is 0 Å². The fraction of sp³-hybridized carbons (Fsp3) is 0.708. The van der Waals surface area contributed by atoms with Crippen molar-refractivity contribution >= 4 is 5.91 Å². The molecule has 8 nitrogen and oxygen atoms in total. The first-order chi connectivity index (χ1) is 15.5. The number of para-hydroxylation sites is 1. The molecule has 2 fully saturated rings. The Morgan fingerprint density at radius 3 is 2.59 bits per heavy atom. The van der Waals surface area contributed by atoms with E-state index in [0.717, 1.165) is 39.3 Å². The second kappa shape index (κ2) is 12.5. The van der Waals surface area contributed by atoms with Gasteiger partial charge in [-0.25, -0.2) is 0 Å². The number of β-amino-alcohol motifs (C(OH)–C–C–N with tert-alkyl or cyclic N) is 1. The van der Waals surface area contributed by atoms with E-state index in [4.69, 9.17) is 14.2 Å². The normalized spacial score (nSPS) is 22.3. The molecule has 0 bridgehead atoms. The van der Waals surface area contributed by atoms with Crippen molar-refractivity contribution in [2.75, 3.05) is 72.7 Å². The number of aliphatic hydroxyl groups excluding tert-OH is 1. The Bertz CT molecular complexity index is 713. The van der Waals surface area contributed by atoms with Gasteiger partial charge in [-0.05, 0) is 25.5 Å². The minimum atomic E-state index is -0.410. The standard InChI is InChI=1S/C24H39N3O5/c1-4-19(2)27(24(29)22-7-5-6-8-23(22)30-3)18-21-17-26(11-14-32-21)16-20(28)15-25-9-12-31-13-10-25/h5-8,19-21,28H,4,9-18H2,1-3H3/t19-,20+,21+/m0/s1. The molecule has 8 heteroatoms. The van der Waals surface area contributed by atoms with Crippen LogP contribution in [0.4, 0.5) is 0 Å². The number of methoxy groups -OCH3 is 1. The molecule has 0 unspecified atom stereocenters. The molecule has 2 aliphatic rings. The second-order valence-corrected chi connectivity index (χ2v) is 8.73. The molecule has 3 atom stereocenters. The van der Waals surface area contributed by atoms with E-state index in [1.807, 2.05) is 29.2 Å². The molecule has 1 amide bonds. The number of ether oxygens (including phenoxy) is 3. The van der Waals surface area contributed by atoms with Gasteiger partial charge >= 0.3 is 0 Å². The Balaban J connectivity index is 1.59. The van der Waals surface area contributed by atoms with Crippen LogP contribution in [-0.2, 0) is 9.47 Å². The van der Waals surface area contributed by atoms with E-state index in [-0.39, 0.29) is 18.1 Å². The first kappa shape index (κ1) is 24.9. The second-order valence-electron chi connectivity index (χ2n) is 8.73. The predicted molar refractivity (Wildman–Crippen MR) is 123 cm³/mol. The van der Waals surface area contributed by atoms with Gasteiger partial charge in [0.25, 0.3) is 5.91 Å². The number of carbonyl (C=O) groups excluding carboxylic acids is 1. The third kappa shape index (κ3) is 6.89. The minimum absolute atomic E-state index is 0.0372. The quantitative estimate of drug-likeness (QED) is 0.578. The summed E-state index contributed by atoms with van der Waals surface area (Å²) in [5.41, 5.74) is 0.573. The van der Waals surface area contributed by atoms with Crippen LogP contribution in [0.2, 0.25) is 0 Å². The molecular weight excluding hydrogens is 410 g/mol. The molecule has 0 radical (unpaired) electrons. The highest BCUT2D eigenvalue weighted by Crippen LogP contribution is 2.22. The van der Waals surface area contributed by atoms with Crippen LogP contribution in [0.5, 0.6) is 5.75 Å². The van der Waals surface area contributed by atoms with E-state index in [1.54, 1.807) is 7.11 Å². The first-order valence-electron chi connectivity index (χ1n) is 11.8. The van der Waals surface area contributed by atoms with Gasteiger partial charge in [-0.2, -0.15) is 0 Å². The topological polar surface area (TPSA) is 74.7 Å². The lowest BCUT2D eigenvalue weighted by Crippen LogP contribution is -2.53. The lowest BCUT2D eigenvalue weighted by molar-refractivity contribution is -0.0581. The summed E-state index contributed by atoms with van der Waals surface area (Å²) in [7, 11) is 1.59. The van der Waals surface area contributed by atoms with Crippen LogP contribution in [-0.4, -0.2) is 117 Å². The summed E-state index contributed by atoms with van der Waals surface area (Å²) in [4.78, 5) is 19.8. The number of carbonyl (C=O) groups is 1. The van der Waals surface area contributed by atoms with Gasteiger partial charge in [-0.3, -0.25) is 14.6 Å². The summed E-state index contributed by atoms with van der Waals surface area (Å²) < 4.78 is 16.8. The molecule has 1 N–H and O–H groups in total. The van der Waals surface area contributed by atoms with Gasteiger partial charge in [0.2, 0.25) is 0 Å². The van der Waals surface area contributed by atoms with Crippen molar-refractivity contribution in [2.45, 2.75) is 38.5 Å². The molecule has 0 aliphatic carbocycles. The van der Waals surface area contributed by atoms with Gasteiger partial charge in [-0.15, -0.1) is 0 Å². The number of amides is 1. The molecule has 0 saturated carbocycles. The van der Waals surface area contributed by atoms with Crippen molar-refractivity contribution < 1.29 is 24.1 Å². The maximum atomic E-state index is 13.4. The largest absolute Gasteiger partial charge is 0.496 e. The SMILES string of the molecule is CC[C@H](C)N(C[C@H]1CN(C[C@H](O)CN2CCOCC2)CCO1)C(=O)c1ccccc1OC. The Hall–Kier alpha value is -1.71. The lowest BCUT2D eigenvalue weighted by Gasteiger charge is -2.39. The number of nitrogens with zero attached hydrogens (tertiary/aromatic N) is 3. The van der Waals surface area contributed by atoms with E-state index in [9.17, 15) is 9.90 Å². The van der Waals surface area contributed by atoms with E-state index >= 15 is 0 Å². The van der Waals surface area contributed by atoms with Gasteiger partial charge in [0.05, 0.1) is 44.7 Å². The molecule has 0 aromatic heterocycles. The predicted octanol–water partition coefficient (Wildman–Crippen LogP) is 1.33. The third-order valence-corrected chi connectivity index (χ3v) is 6.39. The van der Waals surface area contributed by atoms with Crippen LogP contribution < -0.4 is 4.74 Å². The number of rotatable bonds is 10. The Kier molecular flexibility index (Phi) is 9.74. The van der Waals surface area contributed by atoms with Crippen molar-refractivity contribution in [3.8, 4) is 5.75 Å². The zero-order valence-electron chi connectivity index (χ0n) is 19.7. The summed E-state index contributed by atoms with van der Waals surface area (Å²) >= 11 is 0. The molecule has 2 aliphatic heterocycles. The highest BCUT2D eigenvalue weighted by Gasteiger charge is 2.30. The first-order valence-corrected chi connectivity index (χ1v) is 11.8. The molecule has 2 heterocycles. The minimum Gasteiger partial charge on any atom is -0.496 e. The maximum Gasteiger partial charge on any atom is 0.257 e. The van der Waals surface area contributed by atoms with E-state index in [1.165, 1.54) is 0 Å². The summed E-state index contributed by atoms with van der Waals surface area (Å²) in [6, 6.07) is 7.44. The monoisotopic (exact) mass is 449 g/mol. The number of benzene rings is 1. The number of hydrogen-bond donors (Lipinski definition) is 1. The summed E-state index contributed by atoms with van der Waals surface area (Å²) in [6.07, 6.45) is 0.356. The third-order valence-electron chi connectivity index (χ3n) is 6.39. The molecular formula is C24H39N3O5. The smallest absolute Gasteiger partial charge is 0.257 e. The Morgan fingerprint density at radius 1 is 1.19 bits per heavy atom. The van der Waals surface area contributed by atoms with Crippen LogP contribution in [0.1, 0.15) is 30.6 Å². The summed E-state index contributed by atoms with van der Waals surface area (Å²) in [5, 5.41) is 10.6. The fourth-order valence-electron chi connectivity index (χ4n) is 4.37. The number of morpholine rings is 2. The molecule has 180 valence electrons. The average Bonchev–Trinajstić information content (AvgIpc) is 2.82. The Labute approximate surface area is 192 Å². The van der Waals surface area contributed by atoms with Crippen molar-refractivity contribution in [1.29, 1.82) is 0 Å². The Morgan fingerprint density at radius 2 is 1.88 bits per heavy atom. The average molecular weight is 450 g/mol. The highest BCUT2D eigenvalue weighted by molar-refractivity contribution is 5.97. The van der Waals surface area contributed by atoms with Crippen LogP contribution in [0.15, 0.2) is 24.3 Å². The van der Waals surface area contributed by atoms with E-state index in [0.29, 0.717) is 44.1 Å². The van der Waals surface area contributed by atoms with Gasteiger partial charge in [0.15, 0.2) is 0 Å². The van der Waals surface area contributed by atoms with E-state index < -0.39 is 6.10 Å². The molecule has 3 rings (SSSR count). The molecule has 32 heavy (non-hydrogen) atoms. The molecule has 2 saturated heterocycles. The van der Waals surface area contributed by atoms with Crippen molar-refractivity contribution in [3.05, 3.63) is 29.8 Å². The molecule has 0 spiro atoms. The van der Waals surface area contributed by atoms with Crippen molar-refractivity contribution in [3.63, 3.8) is 0 Å². The zero-order chi connectivity index (χ0) is 22.9. The van der Waals surface area contributed by atoms with Gasteiger partial charge in [0.1, 0.15) is 5.75 Å². The molecule has 1 aromatic carbocycles. The van der Waals surface area contributed by atoms with Gasteiger partial charge in [-0.1, -0.05) is 19.1 Å². The van der Waals surface area contributed by atoms with Gasteiger partial charge < -0.3 is 24.2 Å². The number of hydrogen-bond acceptors (Lipinski definition) is 7. The highest BCUT2D eigenvalue weighted by atomic mass is 16.5. The van der Waals surface area contributed by atoms with Crippen molar-refractivity contribution in [1.82, 2.24) is 14.7 Å². The van der Waals surface area contributed by atoms with Crippen LogP contribution in [0.3, 0.4) is 0 Å². The van der Waals surface area contributed by atoms with E-state index in [2.05, 4.69) is 23.6 Å². The lowest BCUT2D eigenvalue weighted by atomic mass is 10.1. The van der Waals surface area contributed by atoms with Crippen LogP contribution in [0, 0.1) is 0 Å². The zero-order valence-corrected chi connectivity index (χ0v) is 19.7. The van der Waals surface area contributed by atoms with Gasteiger partial charge in [0, 0.05) is 51.9 Å². The van der Waals surface area contributed by atoms with Crippen molar-refractivity contribution in [2.24, 2.45) is 0 Å². The number of aliphatic hydroxyl groups is 1. The summed E-state index contributed by atoms with van der Waals surface area (Å²) in [5.74, 6) is 0.549. The maximum absolute atomic E-state index is 13.4. The van der Waals surface area contributed by atoms with Crippen LogP contribution >= 0.6 is 0 Å². The fourth-order valence-corrected chi connectivity index (χ4v) is 4.37. The summed E-state index contributed by atoms with van der Waals surface area (Å²) in [6.45, 7) is 11.3. The molecule has 1 aromatic rings.